The van der Waals surface area contributed by atoms with Crippen molar-refractivity contribution >= 4 is 17.3 Å². The van der Waals surface area contributed by atoms with E-state index >= 15 is 0 Å². The van der Waals surface area contributed by atoms with Gasteiger partial charge in [-0.1, -0.05) is 23.4 Å². The molecule has 1 heterocycles. The zero-order valence-electron chi connectivity index (χ0n) is 11.5. The van der Waals surface area contributed by atoms with Gasteiger partial charge in [0.1, 0.15) is 0 Å². The predicted octanol–water partition coefficient (Wildman–Crippen LogP) is 2.74. The first-order valence-electron chi connectivity index (χ1n) is 6.06. The highest BCUT2D eigenvalue weighted by Crippen LogP contribution is 2.18. The van der Waals surface area contributed by atoms with Crippen LogP contribution in [0.2, 0.25) is 0 Å². The summed E-state index contributed by atoms with van der Waals surface area (Å²) >= 11 is 0. The van der Waals surface area contributed by atoms with Gasteiger partial charge in [0.2, 0.25) is 5.76 Å². The van der Waals surface area contributed by atoms with Gasteiger partial charge in [0.15, 0.2) is 5.89 Å². The molecule has 0 saturated carbocycles. The van der Waals surface area contributed by atoms with Crippen LogP contribution in [0.4, 0.5) is 5.69 Å². The van der Waals surface area contributed by atoms with Gasteiger partial charge in [-0.25, -0.2) is 4.98 Å². The third kappa shape index (κ3) is 2.69. The summed E-state index contributed by atoms with van der Waals surface area (Å²) < 4.78 is 5.27. The maximum absolute atomic E-state index is 12.2. The molecule has 20 heavy (non-hydrogen) atoms. The number of carbonyl (C=O) groups excluding carboxylic acids is 1. The van der Waals surface area contributed by atoms with Crippen molar-refractivity contribution < 1.29 is 14.4 Å². The number of rotatable bonds is 3. The van der Waals surface area contributed by atoms with Crippen molar-refractivity contribution in [3.05, 3.63) is 47.2 Å². The molecule has 0 spiro atoms. The first kappa shape index (κ1) is 13.8. The summed E-state index contributed by atoms with van der Waals surface area (Å²) in [5.74, 6) is 0.228. The lowest BCUT2D eigenvalue weighted by Gasteiger charge is -2.09. The van der Waals surface area contributed by atoms with Crippen LogP contribution in [-0.4, -0.2) is 21.8 Å². The van der Waals surface area contributed by atoms with E-state index in [4.69, 9.17) is 9.62 Å². The predicted molar refractivity (Wildman–Crippen MR) is 74.4 cm³/mol. The van der Waals surface area contributed by atoms with E-state index in [1.54, 1.807) is 45.0 Å². The molecule has 0 atom stereocenters. The summed E-state index contributed by atoms with van der Waals surface area (Å²) in [5, 5.41) is 14.7. The van der Waals surface area contributed by atoms with Gasteiger partial charge in [-0.3, -0.25) is 4.79 Å². The van der Waals surface area contributed by atoms with E-state index in [1.807, 2.05) is 0 Å². The largest absolute Gasteiger partial charge is 0.436 e. The molecule has 0 aliphatic rings. The summed E-state index contributed by atoms with van der Waals surface area (Å²) in [5.41, 5.74) is 2.12. The van der Waals surface area contributed by atoms with E-state index in [2.05, 4.69) is 15.5 Å². The molecule has 6 heteroatoms. The van der Waals surface area contributed by atoms with Crippen LogP contribution >= 0.6 is 0 Å². The van der Waals surface area contributed by atoms with Gasteiger partial charge in [0.05, 0.1) is 17.1 Å². The Balaban J connectivity index is 2.31. The Bertz CT molecular complexity index is 674. The van der Waals surface area contributed by atoms with Crippen molar-refractivity contribution in [2.75, 3.05) is 5.32 Å². The number of hydrogen-bond acceptors (Lipinski definition) is 5. The molecular weight excluding hydrogens is 258 g/mol. The zero-order valence-corrected chi connectivity index (χ0v) is 11.5. The fraction of sp³-hybridized carbons (Fsp3) is 0.214. The fourth-order valence-electron chi connectivity index (χ4n) is 1.88. The van der Waals surface area contributed by atoms with Crippen molar-refractivity contribution in [3.8, 4) is 0 Å². The van der Waals surface area contributed by atoms with Crippen molar-refractivity contribution in [2.24, 2.45) is 5.16 Å². The maximum atomic E-state index is 12.2. The highest BCUT2D eigenvalue weighted by atomic mass is 16.4. The first-order chi connectivity index (χ1) is 9.52. The molecule has 1 amide bonds. The molecule has 0 radical (unpaired) electrons. The van der Waals surface area contributed by atoms with Crippen LogP contribution in [0.3, 0.4) is 0 Å². The average Bonchev–Trinajstić information content (AvgIpc) is 2.77. The molecule has 0 fully saturated rings. The SMILES string of the molecule is C/C(=N/O)c1ccccc1NC(=O)c1oc(C)nc1C. The Hall–Kier alpha value is -2.63. The van der Waals surface area contributed by atoms with Crippen LogP contribution in [0, 0.1) is 13.8 Å². The molecule has 1 aromatic carbocycles. The Labute approximate surface area is 116 Å². The van der Waals surface area contributed by atoms with Gasteiger partial charge in [0.25, 0.3) is 5.91 Å². The minimum Gasteiger partial charge on any atom is -0.436 e. The monoisotopic (exact) mass is 273 g/mol. The third-order valence-corrected chi connectivity index (χ3v) is 2.82. The van der Waals surface area contributed by atoms with Gasteiger partial charge in [-0.15, -0.1) is 0 Å². The second-order valence-corrected chi connectivity index (χ2v) is 4.33. The van der Waals surface area contributed by atoms with Gasteiger partial charge < -0.3 is 14.9 Å². The number of nitrogens with one attached hydrogen (secondary N) is 1. The molecule has 0 bridgehead atoms. The Morgan fingerprint density at radius 1 is 1.35 bits per heavy atom. The van der Waals surface area contributed by atoms with Crippen LogP contribution in [0.5, 0.6) is 0 Å². The Morgan fingerprint density at radius 3 is 2.65 bits per heavy atom. The van der Waals surface area contributed by atoms with Crippen molar-refractivity contribution in [1.29, 1.82) is 0 Å². The summed E-state index contributed by atoms with van der Waals surface area (Å²) in [6.07, 6.45) is 0. The van der Waals surface area contributed by atoms with Gasteiger partial charge in [-0.05, 0) is 19.9 Å². The quantitative estimate of drug-likeness (QED) is 0.511. The summed E-state index contributed by atoms with van der Waals surface area (Å²) in [4.78, 5) is 16.2. The van der Waals surface area contributed by atoms with Crippen molar-refractivity contribution in [3.63, 3.8) is 0 Å². The second kappa shape index (κ2) is 5.56. The van der Waals surface area contributed by atoms with Crippen LogP contribution in [0.1, 0.15) is 34.6 Å². The number of anilines is 1. The zero-order chi connectivity index (χ0) is 14.7. The molecule has 2 N–H and O–H groups in total. The van der Waals surface area contributed by atoms with E-state index < -0.39 is 0 Å². The topological polar surface area (TPSA) is 87.7 Å². The normalized spacial score (nSPS) is 11.4. The maximum Gasteiger partial charge on any atom is 0.293 e. The number of oxime groups is 1. The molecule has 0 saturated heterocycles. The fourth-order valence-corrected chi connectivity index (χ4v) is 1.88. The van der Waals surface area contributed by atoms with Crippen LogP contribution in [0.15, 0.2) is 33.8 Å². The number of hydrogen-bond donors (Lipinski definition) is 2. The van der Waals surface area contributed by atoms with Crippen LogP contribution in [0.25, 0.3) is 0 Å². The molecule has 0 aliphatic carbocycles. The summed E-state index contributed by atoms with van der Waals surface area (Å²) in [7, 11) is 0. The van der Waals surface area contributed by atoms with E-state index in [-0.39, 0.29) is 11.7 Å². The number of nitrogens with zero attached hydrogens (tertiary/aromatic N) is 2. The standard InChI is InChI=1S/C14H15N3O3/c1-8(17-19)11-6-4-5-7-12(11)16-14(18)13-9(2)15-10(3)20-13/h4-7,19H,1-3H3,(H,16,18)/b17-8-. The lowest BCUT2D eigenvalue weighted by molar-refractivity contribution is 0.0994. The van der Waals surface area contributed by atoms with Crippen molar-refractivity contribution in [1.82, 2.24) is 4.98 Å². The molecule has 0 unspecified atom stereocenters. The first-order valence-corrected chi connectivity index (χ1v) is 6.06. The lowest BCUT2D eigenvalue weighted by Crippen LogP contribution is -2.14. The average molecular weight is 273 g/mol. The molecule has 0 aliphatic heterocycles. The lowest BCUT2D eigenvalue weighted by atomic mass is 10.1. The minimum atomic E-state index is -0.388. The smallest absolute Gasteiger partial charge is 0.293 e. The van der Waals surface area contributed by atoms with E-state index in [0.29, 0.717) is 28.5 Å². The molecule has 2 aromatic rings. The van der Waals surface area contributed by atoms with Gasteiger partial charge in [0, 0.05) is 12.5 Å². The number of amides is 1. The van der Waals surface area contributed by atoms with E-state index in [9.17, 15) is 4.79 Å². The molecule has 1 aromatic heterocycles. The van der Waals surface area contributed by atoms with E-state index in [0.717, 1.165) is 0 Å². The Morgan fingerprint density at radius 2 is 2.05 bits per heavy atom. The van der Waals surface area contributed by atoms with Crippen LogP contribution < -0.4 is 5.32 Å². The van der Waals surface area contributed by atoms with Crippen LogP contribution in [-0.2, 0) is 0 Å². The van der Waals surface area contributed by atoms with Gasteiger partial charge >= 0.3 is 0 Å². The third-order valence-electron chi connectivity index (χ3n) is 2.82. The molecule has 6 nitrogen and oxygen atoms in total. The van der Waals surface area contributed by atoms with Crippen molar-refractivity contribution in [2.45, 2.75) is 20.8 Å². The highest BCUT2D eigenvalue weighted by molar-refractivity contribution is 6.09. The highest BCUT2D eigenvalue weighted by Gasteiger charge is 2.17. The summed E-state index contributed by atoms with van der Waals surface area (Å²) in [6.45, 7) is 5.03. The second-order valence-electron chi connectivity index (χ2n) is 4.33. The molecule has 2 rings (SSSR count). The minimum absolute atomic E-state index is 0.177. The number of carbonyl (C=O) groups is 1. The van der Waals surface area contributed by atoms with Gasteiger partial charge in [-0.2, -0.15) is 0 Å². The number of benzene rings is 1. The molecule has 104 valence electrons. The summed E-state index contributed by atoms with van der Waals surface area (Å²) in [6, 6.07) is 7.05. The number of para-hydroxylation sites is 1. The Kier molecular flexibility index (Phi) is 3.84. The number of aromatic nitrogens is 1. The van der Waals surface area contributed by atoms with E-state index in [1.165, 1.54) is 0 Å². The number of aryl methyl sites for hydroxylation is 2. The number of oxazole rings is 1. The molecular formula is C14H15N3O3.